The molecule has 1 radical (unpaired) electrons. The minimum atomic E-state index is 0.0590. The van der Waals surface area contributed by atoms with Crippen LogP contribution < -0.4 is 5.90 Å². The van der Waals surface area contributed by atoms with Gasteiger partial charge in [0.25, 0.3) is 0 Å². The van der Waals surface area contributed by atoms with E-state index in [0.29, 0.717) is 13.2 Å². The standard InChI is InChI=1S/C6H12NO3/c7-10-5-2-1-4-9-6-3-8/h1-2,4-7H2. The van der Waals surface area contributed by atoms with Crippen LogP contribution in [-0.4, -0.2) is 26.1 Å². The second kappa shape index (κ2) is 8.55. The third-order valence-corrected chi connectivity index (χ3v) is 0.962. The first-order valence-corrected chi connectivity index (χ1v) is 3.16. The van der Waals surface area contributed by atoms with Gasteiger partial charge in [0.15, 0.2) is 0 Å². The zero-order valence-corrected chi connectivity index (χ0v) is 5.84. The summed E-state index contributed by atoms with van der Waals surface area (Å²) in [6, 6.07) is 0. The van der Waals surface area contributed by atoms with Gasteiger partial charge in [-0.25, -0.2) is 5.90 Å². The molecular formula is C6H12NO3. The van der Waals surface area contributed by atoms with Gasteiger partial charge in [-0.15, -0.1) is 0 Å². The average molecular weight is 146 g/mol. The first-order valence-electron chi connectivity index (χ1n) is 3.16. The molecule has 59 valence electrons. The van der Waals surface area contributed by atoms with Gasteiger partial charge in [0, 0.05) is 6.61 Å². The minimum Gasteiger partial charge on any atom is -0.373 e. The molecule has 0 aliphatic carbocycles. The van der Waals surface area contributed by atoms with Crippen molar-refractivity contribution in [3.05, 3.63) is 0 Å². The molecule has 0 aliphatic rings. The summed E-state index contributed by atoms with van der Waals surface area (Å²) in [5.74, 6) is 4.77. The number of carbonyl (C=O) groups excluding carboxylic acids is 1. The molecule has 0 aromatic heterocycles. The molecule has 4 nitrogen and oxygen atoms in total. The fourth-order valence-electron chi connectivity index (χ4n) is 0.503. The largest absolute Gasteiger partial charge is 0.373 e. The van der Waals surface area contributed by atoms with Crippen molar-refractivity contribution in [2.45, 2.75) is 12.8 Å². The van der Waals surface area contributed by atoms with Crippen molar-refractivity contribution in [2.24, 2.45) is 5.90 Å². The number of hydrogen-bond donors (Lipinski definition) is 1. The fraction of sp³-hybridized carbons (Fsp3) is 0.833. The van der Waals surface area contributed by atoms with E-state index >= 15 is 0 Å². The van der Waals surface area contributed by atoms with Gasteiger partial charge < -0.3 is 9.57 Å². The lowest BCUT2D eigenvalue weighted by Gasteiger charge is -1.97. The second-order valence-corrected chi connectivity index (χ2v) is 1.77. The van der Waals surface area contributed by atoms with Crippen LogP contribution in [0.2, 0.25) is 0 Å². The van der Waals surface area contributed by atoms with E-state index in [0.717, 1.165) is 12.8 Å². The van der Waals surface area contributed by atoms with Gasteiger partial charge >= 0.3 is 0 Å². The molecule has 0 aromatic rings. The lowest BCUT2D eigenvalue weighted by atomic mass is 10.3. The summed E-state index contributed by atoms with van der Waals surface area (Å²) in [6.07, 6.45) is 3.35. The van der Waals surface area contributed by atoms with Crippen LogP contribution in [0.4, 0.5) is 0 Å². The van der Waals surface area contributed by atoms with Crippen molar-refractivity contribution in [2.75, 3.05) is 19.8 Å². The van der Waals surface area contributed by atoms with Gasteiger partial charge in [-0.1, -0.05) is 0 Å². The Morgan fingerprint density at radius 1 is 1.30 bits per heavy atom. The number of nitrogens with two attached hydrogens (primary N) is 1. The summed E-state index contributed by atoms with van der Waals surface area (Å²) in [4.78, 5) is 13.9. The van der Waals surface area contributed by atoms with E-state index in [-0.39, 0.29) is 6.61 Å². The van der Waals surface area contributed by atoms with Crippen molar-refractivity contribution in [1.29, 1.82) is 0 Å². The second-order valence-electron chi connectivity index (χ2n) is 1.77. The number of ether oxygens (including phenoxy) is 1. The maximum atomic E-state index is 9.60. The van der Waals surface area contributed by atoms with Crippen molar-refractivity contribution in [1.82, 2.24) is 0 Å². The highest BCUT2D eigenvalue weighted by molar-refractivity contribution is 5.51. The van der Waals surface area contributed by atoms with E-state index in [2.05, 4.69) is 4.84 Å². The molecule has 10 heavy (non-hydrogen) atoms. The van der Waals surface area contributed by atoms with Crippen LogP contribution in [0.25, 0.3) is 0 Å². The lowest BCUT2D eigenvalue weighted by molar-refractivity contribution is 0.116. The highest BCUT2D eigenvalue weighted by Gasteiger charge is 1.87. The molecular weight excluding hydrogens is 134 g/mol. The molecule has 0 aliphatic heterocycles. The lowest BCUT2D eigenvalue weighted by Crippen LogP contribution is -2.03. The summed E-state index contributed by atoms with van der Waals surface area (Å²) >= 11 is 0. The van der Waals surface area contributed by atoms with Crippen molar-refractivity contribution >= 4 is 6.29 Å². The maximum Gasteiger partial charge on any atom is 0.226 e. The number of rotatable bonds is 7. The third kappa shape index (κ3) is 7.55. The van der Waals surface area contributed by atoms with Gasteiger partial charge in [-0.2, -0.15) is 0 Å². The molecule has 0 aromatic carbocycles. The Morgan fingerprint density at radius 2 is 2.00 bits per heavy atom. The molecule has 0 unspecified atom stereocenters. The summed E-state index contributed by atoms with van der Waals surface area (Å²) in [5, 5.41) is 0. The molecule has 0 heterocycles. The summed E-state index contributed by atoms with van der Waals surface area (Å²) in [5.41, 5.74) is 0. The fourth-order valence-corrected chi connectivity index (χ4v) is 0.503. The SMILES string of the molecule is NOCCCCOC[C]=O. The molecule has 0 amide bonds. The van der Waals surface area contributed by atoms with Crippen LogP contribution in [0.1, 0.15) is 12.8 Å². The zero-order chi connectivity index (χ0) is 7.66. The Bertz CT molecular complexity index is 77.4. The predicted molar refractivity (Wildman–Crippen MR) is 35.9 cm³/mol. The summed E-state index contributed by atoms with van der Waals surface area (Å²) in [6.45, 7) is 1.16. The molecule has 0 fully saturated rings. The van der Waals surface area contributed by atoms with Gasteiger partial charge in [0.2, 0.25) is 6.29 Å². The van der Waals surface area contributed by atoms with E-state index < -0.39 is 0 Å². The van der Waals surface area contributed by atoms with E-state index in [9.17, 15) is 4.79 Å². The molecule has 4 heteroatoms. The van der Waals surface area contributed by atoms with Crippen molar-refractivity contribution in [3.63, 3.8) is 0 Å². The van der Waals surface area contributed by atoms with Crippen LogP contribution in [-0.2, 0) is 14.4 Å². The van der Waals surface area contributed by atoms with Crippen LogP contribution >= 0.6 is 0 Å². The molecule has 0 saturated carbocycles. The molecule has 0 saturated heterocycles. The first kappa shape index (κ1) is 9.55. The molecule has 2 N–H and O–H groups in total. The van der Waals surface area contributed by atoms with Crippen LogP contribution in [0.15, 0.2) is 0 Å². The van der Waals surface area contributed by atoms with Gasteiger partial charge in [-0.05, 0) is 12.8 Å². The van der Waals surface area contributed by atoms with Crippen molar-refractivity contribution in [3.8, 4) is 0 Å². The molecule has 0 atom stereocenters. The van der Waals surface area contributed by atoms with E-state index in [1.54, 1.807) is 6.29 Å². The van der Waals surface area contributed by atoms with Crippen LogP contribution in [0.3, 0.4) is 0 Å². The summed E-state index contributed by atoms with van der Waals surface area (Å²) < 4.78 is 4.81. The normalized spacial score (nSPS) is 9.70. The monoisotopic (exact) mass is 146 g/mol. The maximum absolute atomic E-state index is 9.60. The smallest absolute Gasteiger partial charge is 0.226 e. The topological polar surface area (TPSA) is 61.6 Å². The Balaban J connectivity index is 2.70. The quantitative estimate of drug-likeness (QED) is 0.398. The Kier molecular flexibility index (Phi) is 8.17. The Hall–Kier alpha value is -0.450. The molecule has 0 rings (SSSR count). The third-order valence-electron chi connectivity index (χ3n) is 0.962. The van der Waals surface area contributed by atoms with E-state index in [1.165, 1.54) is 0 Å². The average Bonchev–Trinajstić information content (AvgIpc) is 1.97. The number of unbranched alkanes of at least 4 members (excludes halogenated alkanes) is 1. The highest BCUT2D eigenvalue weighted by atomic mass is 16.6. The molecule has 0 bridgehead atoms. The Morgan fingerprint density at radius 3 is 2.60 bits per heavy atom. The van der Waals surface area contributed by atoms with Gasteiger partial charge in [0.05, 0.1) is 6.61 Å². The highest BCUT2D eigenvalue weighted by Crippen LogP contribution is 1.88. The number of hydrogen-bond acceptors (Lipinski definition) is 4. The zero-order valence-electron chi connectivity index (χ0n) is 5.84. The molecule has 0 spiro atoms. The minimum absolute atomic E-state index is 0.0590. The first-order chi connectivity index (χ1) is 4.91. The van der Waals surface area contributed by atoms with Gasteiger partial charge in [-0.3, -0.25) is 4.79 Å². The Labute approximate surface area is 60.2 Å². The van der Waals surface area contributed by atoms with E-state index in [4.69, 9.17) is 10.6 Å². The van der Waals surface area contributed by atoms with Crippen LogP contribution in [0, 0.1) is 0 Å². The predicted octanol–water partition coefficient (Wildman–Crippen LogP) is -0.217. The summed E-state index contributed by atoms with van der Waals surface area (Å²) in [7, 11) is 0. The van der Waals surface area contributed by atoms with Crippen molar-refractivity contribution < 1.29 is 14.4 Å². The van der Waals surface area contributed by atoms with Crippen LogP contribution in [0.5, 0.6) is 0 Å². The van der Waals surface area contributed by atoms with E-state index in [1.807, 2.05) is 0 Å². The van der Waals surface area contributed by atoms with Gasteiger partial charge in [0.1, 0.15) is 6.61 Å².